The van der Waals surface area contributed by atoms with Crippen molar-refractivity contribution in [3.05, 3.63) is 65.7 Å². The molecule has 0 radical (unpaired) electrons. The highest BCUT2D eigenvalue weighted by molar-refractivity contribution is 5.99. The first-order valence-corrected chi connectivity index (χ1v) is 8.49. The summed E-state index contributed by atoms with van der Waals surface area (Å²) >= 11 is 0. The molecular formula is C19H15F4N3O4. The zero-order valence-electron chi connectivity index (χ0n) is 15.4. The van der Waals surface area contributed by atoms with Crippen LogP contribution in [0, 0.1) is 5.82 Å². The molecule has 7 nitrogen and oxygen atoms in total. The van der Waals surface area contributed by atoms with Gasteiger partial charge in [-0.25, -0.2) is 4.39 Å². The highest BCUT2D eigenvalue weighted by atomic mass is 19.4. The summed E-state index contributed by atoms with van der Waals surface area (Å²) in [5.74, 6) is -2.70. The predicted molar refractivity (Wildman–Crippen MR) is 94.9 cm³/mol. The van der Waals surface area contributed by atoms with Gasteiger partial charge in [-0.3, -0.25) is 9.78 Å². The number of carbonyl (C=O) groups is 1. The first kappa shape index (κ1) is 21.2. The maximum absolute atomic E-state index is 14.1. The number of ether oxygens (including phenoxy) is 2. The Balaban J connectivity index is 1.82. The lowest BCUT2D eigenvalue weighted by Gasteiger charge is -2.19. The molecule has 2 heterocycles. The van der Waals surface area contributed by atoms with Crippen molar-refractivity contribution in [3.63, 3.8) is 0 Å². The molecule has 0 bridgehead atoms. The fraction of sp³-hybridized carbons (Fsp3) is 0.211. The summed E-state index contributed by atoms with van der Waals surface area (Å²) in [7, 11) is 1.36. The van der Waals surface area contributed by atoms with Gasteiger partial charge in [-0.1, -0.05) is 17.3 Å². The zero-order valence-corrected chi connectivity index (χ0v) is 15.4. The number of carbonyl (C=O) groups excluding carboxylic acids is 1. The van der Waals surface area contributed by atoms with E-state index in [1.165, 1.54) is 25.6 Å². The smallest absolute Gasteiger partial charge is 0.403 e. The summed E-state index contributed by atoms with van der Waals surface area (Å²) in [5, 5.41) is 6.24. The Morgan fingerprint density at radius 2 is 2.07 bits per heavy atom. The van der Waals surface area contributed by atoms with E-state index < -0.39 is 29.9 Å². The summed E-state index contributed by atoms with van der Waals surface area (Å²) in [6.45, 7) is -0.0745. The maximum atomic E-state index is 14.1. The molecule has 3 aromatic rings. The third-order valence-electron chi connectivity index (χ3n) is 3.94. The van der Waals surface area contributed by atoms with Gasteiger partial charge in [0.05, 0.1) is 18.8 Å². The molecule has 158 valence electrons. The number of nitrogens with one attached hydrogen (secondary N) is 1. The molecule has 0 aliphatic heterocycles. The second-order valence-electron chi connectivity index (χ2n) is 6.00. The van der Waals surface area contributed by atoms with Crippen LogP contribution in [-0.2, 0) is 4.74 Å². The van der Waals surface area contributed by atoms with Crippen molar-refractivity contribution in [1.29, 1.82) is 0 Å². The van der Waals surface area contributed by atoms with Gasteiger partial charge in [0.1, 0.15) is 11.3 Å². The van der Waals surface area contributed by atoms with Crippen LogP contribution in [0.25, 0.3) is 11.5 Å². The highest BCUT2D eigenvalue weighted by Gasteiger charge is 2.32. The van der Waals surface area contributed by atoms with Crippen molar-refractivity contribution < 1.29 is 36.4 Å². The molecule has 1 N–H and O–H groups in total. The summed E-state index contributed by atoms with van der Waals surface area (Å²) in [6.07, 6.45) is -2.32. The van der Waals surface area contributed by atoms with Gasteiger partial charge >= 0.3 is 6.36 Å². The van der Waals surface area contributed by atoms with Gasteiger partial charge in [-0.15, -0.1) is 13.2 Å². The summed E-state index contributed by atoms with van der Waals surface area (Å²) < 4.78 is 64.8. The molecule has 0 fully saturated rings. The Morgan fingerprint density at radius 3 is 2.70 bits per heavy atom. The Hall–Kier alpha value is -3.47. The van der Waals surface area contributed by atoms with Crippen LogP contribution in [0.5, 0.6) is 5.75 Å². The number of hydrogen-bond acceptors (Lipinski definition) is 6. The number of amides is 1. The number of alkyl halides is 3. The van der Waals surface area contributed by atoms with Gasteiger partial charge < -0.3 is 19.3 Å². The fourth-order valence-electron chi connectivity index (χ4n) is 2.65. The predicted octanol–water partition coefficient (Wildman–Crippen LogP) is 3.89. The molecular weight excluding hydrogens is 410 g/mol. The number of halogens is 4. The van der Waals surface area contributed by atoms with E-state index in [4.69, 9.17) is 9.26 Å². The van der Waals surface area contributed by atoms with Gasteiger partial charge in [0, 0.05) is 13.3 Å². The average Bonchev–Trinajstić information content (AvgIpc) is 3.19. The quantitative estimate of drug-likeness (QED) is 0.578. The number of rotatable bonds is 7. The molecule has 0 aliphatic carbocycles. The lowest BCUT2D eigenvalue weighted by molar-refractivity contribution is -0.275. The molecule has 0 spiro atoms. The standard InChI is InChI=1S/C19H15F4N3O4/c1-28-10-15(11-5-6-16(13(20)8-11)29-19(21,22)23)26-18(27)12-9-25-30-17(12)14-4-2-3-7-24-14/h2-9,15H,10H2,1H3,(H,26,27). The van der Waals surface area contributed by atoms with E-state index in [1.807, 2.05) is 0 Å². The van der Waals surface area contributed by atoms with Gasteiger partial charge in [0.15, 0.2) is 17.3 Å². The number of nitrogens with zero attached hydrogens (tertiary/aromatic N) is 2. The monoisotopic (exact) mass is 425 g/mol. The van der Waals surface area contributed by atoms with Crippen molar-refractivity contribution in [1.82, 2.24) is 15.5 Å². The van der Waals surface area contributed by atoms with Gasteiger partial charge in [-0.05, 0) is 29.8 Å². The Kier molecular flexibility index (Phi) is 6.31. The topological polar surface area (TPSA) is 86.5 Å². The number of hydrogen-bond donors (Lipinski definition) is 1. The second kappa shape index (κ2) is 8.91. The average molecular weight is 425 g/mol. The second-order valence-corrected chi connectivity index (χ2v) is 6.00. The van der Waals surface area contributed by atoms with Crippen molar-refractivity contribution in [3.8, 4) is 17.2 Å². The summed E-state index contributed by atoms with van der Waals surface area (Å²) in [4.78, 5) is 16.8. The van der Waals surface area contributed by atoms with E-state index in [0.717, 1.165) is 12.1 Å². The van der Waals surface area contributed by atoms with Gasteiger partial charge in [0.2, 0.25) is 0 Å². The lowest BCUT2D eigenvalue weighted by atomic mass is 10.1. The maximum Gasteiger partial charge on any atom is 0.573 e. The van der Waals surface area contributed by atoms with Crippen LogP contribution in [0.15, 0.2) is 53.3 Å². The molecule has 1 atom stereocenters. The number of benzene rings is 1. The van der Waals surface area contributed by atoms with Crippen LogP contribution in [-0.4, -0.2) is 36.1 Å². The van der Waals surface area contributed by atoms with Crippen LogP contribution in [0.4, 0.5) is 17.6 Å². The fourth-order valence-corrected chi connectivity index (χ4v) is 2.65. The SMILES string of the molecule is COCC(NC(=O)c1cnoc1-c1ccccn1)c1ccc(OC(F)(F)F)c(F)c1. The molecule has 1 amide bonds. The largest absolute Gasteiger partial charge is 0.573 e. The minimum atomic E-state index is -5.03. The van der Waals surface area contributed by atoms with E-state index >= 15 is 0 Å². The minimum Gasteiger partial charge on any atom is -0.403 e. The molecule has 30 heavy (non-hydrogen) atoms. The number of pyridine rings is 1. The molecule has 0 saturated heterocycles. The van der Waals surface area contributed by atoms with Crippen molar-refractivity contribution in [2.45, 2.75) is 12.4 Å². The van der Waals surface area contributed by atoms with Crippen LogP contribution in [0.3, 0.4) is 0 Å². The lowest BCUT2D eigenvalue weighted by Crippen LogP contribution is -2.31. The van der Waals surface area contributed by atoms with E-state index in [9.17, 15) is 22.4 Å². The van der Waals surface area contributed by atoms with Crippen LogP contribution in [0.1, 0.15) is 22.0 Å². The van der Waals surface area contributed by atoms with Crippen molar-refractivity contribution in [2.24, 2.45) is 0 Å². The Morgan fingerprint density at radius 1 is 1.27 bits per heavy atom. The van der Waals surface area contributed by atoms with Gasteiger partial charge in [-0.2, -0.15) is 0 Å². The highest BCUT2D eigenvalue weighted by Crippen LogP contribution is 2.28. The third kappa shape index (κ3) is 5.11. The first-order chi connectivity index (χ1) is 14.3. The van der Waals surface area contributed by atoms with E-state index in [-0.39, 0.29) is 23.5 Å². The Bertz CT molecular complexity index is 1010. The Labute approximate surface area is 167 Å². The van der Waals surface area contributed by atoms with E-state index in [2.05, 4.69) is 20.2 Å². The van der Waals surface area contributed by atoms with E-state index in [0.29, 0.717) is 5.69 Å². The molecule has 2 aromatic heterocycles. The number of aromatic nitrogens is 2. The molecule has 0 saturated carbocycles. The van der Waals surface area contributed by atoms with Gasteiger partial charge in [0.25, 0.3) is 5.91 Å². The molecule has 3 rings (SSSR count). The summed E-state index contributed by atoms with van der Waals surface area (Å²) in [5.41, 5.74) is 0.628. The van der Waals surface area contributed by atoms with E-state index in [1.54, 1.807) is 18.2 Å². The minimum absolute atomic E-state index is 0.0745. The third-order valence-corrected chi connectivity index (χ3v) is 3.94. The molecule has 1 unspecified atom stereocenters. The van der Waals surface area contributed by atoms with Crippen molar-refractivity contribution in [2.75, 3.05) is 13.7 Å². The number of methoxy groups -OCH3 is 1. The molecule has 11 heteroatoms. The molecule has 1 aromatic carbocycles. The molecule has 0 aliphatic rings. The normalized spacial score (nSPS) is 12.4. The van der Waals surface area contributed by atoms with Crippen molar-refractivity contribution >= 4 is 5.91 Å². The first-order valence-electron chi connectivity index (χ1n) is 8.49. The summed E-state index contributed by atoms with van der Waals surface area (Å²) in [6, 6.07) is 7.00. The van der Waals surface area contributed by atoms with Crippen LogP contribution in [0.2, 0.25) is 0 Å². The zero-order chi connectivity index (χ0) is 21.7. The van der Waals surface area contributed by atoms with Crippen LogP contribution >= 0.6 is 0 Å². The van der Waals surface area contributed by atoms with Crippen LogP contribution < -0.4 is 10.1 Å².